The first-order valence-corrected chi connectivity index (χ1v) is 11.0. The Hall–Kier alpha value is -2.67. The summed E-state index contributed by atoms with van der Waals surface area (Å²) in [6, 6.07) is 12.1. The van der Waals surface area contributed by atoms with Gasteiger partial charge in [0.2, 0.25) is 5.91 Å². The van der Waals surface area contributed by atoms with Gasteiger partial charge >= 0.3 is 0 Å². The number of pyridine rings is 1. The SMILES string of the molecule is Cc1ccc(NC(=O)CSc2nnc(-c3ccncc3)n2C2CCCCC2)cc1. The maximum atomic E-state index is 12.4. The van der Waals surface area contributed by atoms with Crippen LogP contribution in [0.1, 0.15) is 43.7 Å². The molecule has 0 atom stereocenters. The summed E-state index contributed by atoms with van der Waals surface area (Å²) in [4.78, 5) is 16.5. The molecule has 0 radical (unpaired) electrons. The monoisotopic (exact) mass is 407 g/mol. The Morgan fingerprint density at radius 2 is 1.79 bits per heavy atom. The Morgan fingerprint density at radius 1 is 1.07 bits per heavy atom. The van der Waals surface area contributed by atoms with E-state index in [1.54, 1.807) is 12.4 Å². The van der Waals surface area contributed by atoms with Gasteiger partial charge in [-0.15, -0.1) is 10.2 Å². The summed E-state index contributed by atoms with van der Waals surface area (Å²) in [7, 11) is 0. The molecule has 1 saturated carbocycles. The third kappa shape index (κ3) is 4.85. The number of hydrogen-bond acceptors (Lipinski definition) is 5. The molecule has 1 N–H and O–H groups in total. The predicted molar refractivity (Wildman–Crippen MR) is 116 cm³/mol. The molecular weight excluding hydrogens is 382 g/mol. The van der Waals surface area contributed by atoms with E-state index in [0.29, 0.717) is 11.8 Å². The maximum absolute atomic E-state index is 12.4. The molecule has 1 aromatic carbocycles. The number of nitrogens with one attached hydrogen (secondary N) is 1. The topological polar surface area (TPSA) is 72.7 Å². The van der Waals surface area contributed by atoms with Crippen LogP contribution in [0.2, 0.25) is 0 Å². The van der Waals surface area contributed by atoms with Crippen LogP contribution in [0.5, 0.6) is 0 Å². The largest absolute Gasteiger partial charge is 0.325 e. The van der Waals surface area contributed by atoms with E-state index in [9.17, 15) is 4.79 Å². The van der Waals surface area contributed by atoms with Crippen LogP contribution in [0.25, 0.3) is 11.4 Å². The summed E-state index contributed by atoms with van der Waals surface area (Å²) in [6.45, 7) is 2.03. The molecular formula is C22H25N5OS. The van der Waals surface area contributed by atoms with Gasteiger partial charge in [-0.1, -0.05) is 48.7 Å². The van der Waals surface area contributed by atoms with Crippen LogP contribution in [0.4, 0.5) is 5.69 Å². The van der Waals surface area contributed by atoms with E-state index < -0.39 is 0 Å². The fourth-order valence-corrected chi connectivity index (χ4v) is 4.51. The van der Waals surface area contributed by atoms with E-state index in [1.807, 2.05) is 43.3 Å². The summed E-state index contributed by atoms with van der Waals surface area (Å²) < 4.78 is 2.23. The lowest BCUT2D eigenvalue weighted by molar-refractivity contribution is -0.113. The van der Waals surface area contributed by atoms with Gasteiger partial charge < -0.3 is 5.32 Å². The molecule has 150 valence electrons. The lowest BCUT2D eigenvalue weighted by Crippen LogP contribution is -2.17. The quantitative estimate of drug-likeness (QED) is 0.589. The Bertz CT molecular complexity index is 949. The van der Waals surface area contributed by atoms with Crippen LogP contribution in [0, 0.1) is 6.92 Å². The van der Waals surface area contributed by atoms with Crippen molar-refractivity contribution in [2.45, 2.75) is 50.2 Å². The number of amides is 1. The van der Waals surface area contributed by atoms with Crippen LogP contribution >= 0.6 is 11.8 Å². The number of carbonyl (C=O) groups is 1. The molecule has 1 fully saturated rings. The normalized spacial score (nSPS) is 14.7. The van der Waals surface area contributed by atoms with Gasteiger partial charge in [0.15, 0.2) is 11.0 Å². The van der Waals surface area contributed by atoms with Crippen molar-refractivity contribution in [3.8, 4) is 11.4 Å². The zero-order valence-electron chi connectivity index (χ0n) is 16.5. The molecule has 0 bridgehead atoms. The van der Waals surface area contributed by atoms with Gasteiger partial charge in [0.1, 0.15) is 0 Å². The highest BCUT2D eigenvalue weighted by molar-refractivity contribution is 7.99. The third-order valence-electron chi connectivity index (χ3n) is 5.21. The second-order valence-electron chi connectivity index (χ2n) is 7.41. The first-order valence-electron chi connectivity index (χ1n) is 10.1. The second kappa shape index (κ2) is 9.22. The lowest BCUT2D eigenvalue weighted by Gasteiger charge is -2.25. The van der Waals surface area contributed by atoms with Crippen molar-refractivity contribution in [1.29, 1.82) is 0 Å². The molecule has 6 nitrogen and oxygen atoms in total. The number of rotatable bonds is 6. The van der Waals surface area contributed by atoms with Crippen LogP contribution in [-0.2, 0) is 4.79 Å². The molecule has 0 aliphatic heterocycles. The minimum Gasteiger partial charge on any atom is -0.325 e. The summed E-state index contributed by atoms with van der Waals surface area (Å²) >= 11 is 1.45. The summed E-state index contributed by atoms with van der Waals surface area (Å²) in [5.74, 6) is 1.12. The molecule has 0 unspecified atom stereocenters. The zero-order chi connectivity index (χ0) is 20.1. The van der Waals surface area contributed by atoms with Crippen molar-refractivity contribution < 1.29 is 4.79 Å². The summed E-state index contributed by atoms with van der Waals surface area (Å²) in [5, 5.41) is 12.7. The molecule has 1 amide bonds. The van der Waals surface area contributed by atoms with Crippen LogP contribution < -0.4 is 5.32 Å². The van der Waals surface area contributed by atoms with Crippen molar-refractivity contribution in [3.63, 3.8) is 0 Å². The summed E-state index contributed by atoms with van der Waals surface area (Å²) in [5.41, 5.74) is 2.99. The van der Waals surface area contributed by atoms with Crippen LogP contribution in [-0.4, -0.2) is 31.4 Å². The highest BCUT2D eigenvalue weighted by Gasteiger charge is 2.24. The molecule has 0 saturated heterocycles. The number of hydrogen-bond donors (Lipinski definition) is 1. The Kier molecular flexibility index (Phi) is 6.24. The van der Waals surface area contributed by atoms with E-state index in [1.165, 1.54) is 36.6 Å². The number of carbonyl (C=O) groups excluding carboxylic acids is 1. The molecule has 2 heterocycles. The first kappa shape index (κ1) is 19.6. The highest BCUT2D eigenvalue weighted by atomic mass is 32.2. The van der Waals surface area contributed by atoms with Gasteiger partial charge in [-0.3, -0.25) is 14.3 Å². The molecule has 4 rings (SSSR count). The molecule has 29 heavy (non-hydrogen) atoms. The average Bonchev–Trinajstić information content (AvgIpc) is 3.19. The van der Waals surface area contributed by atoms with Gasteiger partial charge in [0.25, 0.3) is 0 Å². The van der Waals surface area contributed by atoms with Crippen molar-refractivity contribution in [1.82, 2.24) is 19.7 Å². The van der Waals surface area contributed by atoms with E-state index >= 15 is 0 Å². The van der Waals surface area contributed by atoms with Crippen molar-refractivity contribution in [3.05, 3.63) is 54.4 Å². The minimum absolute atomic E-state index is 0.0393. The standard InChI is InChI=1S/C22H25N5OS/c1-16-7-9-18(10-8-16)24-20(28)15-29-22-26-25-21(17-11-13-23-14-12-17)27(22)19-5-3-2-4-6-19/h7-14,19H,2-6,15H2,1H3,(H,24,28). The number of aryl methyl sites for hydroxylation is 1. The molecule has 0 spiro atoms. The van der Waals surface area contributed by atoms with Crippen molar-refractivity contribution in [2.75, 3.05) is 11.1 Å². The van der Waals surface area contributed by atoms with E-state index in [0.717, 1.165) is 35.1 Å². The van der Waals surface area contributed by atoms with Gasteiger partial charge in [-0.05, 0) is 44.0 Å². The molecule has 1 aliphatic rings. The molecule has 3 aromatic rings. The van der Waals surface area contributed by atoms with Crippen LogP contribution in [0.15, 0.2) is 53.9 Å². The average molecular weight is 408 g/mol. The molecule has 1 aliphatic carbocycles. The molecule has 7 heteroatoms. The highest BCUT2D eigenvalue weighted by Crippen LogP contribution is 2.35. The van der Waals surface area contributed by atoms with Crippen molar-refractivity contribution >= 4 is 23.4 Å². The third-order valence-corrected chi connectivity index (χ3v) is 6.15. The van der Waals surface area contributed by atoms with Crippen LogP contribution in [0.3, 0.4) is 0 Å². The van der Waals surface area contributed by atoms with Gasteiger partial charge in [-0.25, -0.2) is 0 Å². The fourth-order valence-electron chi connectivity index (χ4n) is 3.71. The first-order chi connectivity index (χ1) is 14.2. The number of benzene rings is 1. The minimum atomic E-state index is -0.0393. The van der Waals surface area contributed by atoms with Gasteiger partial charge in [0, 0.05) is 29.7 Å². The lowest BCUT2D eigenvalue weighted by atomic mass is 9.95. The van der Waals surface area contributed by atoms with Crippen molar-refractivity contribution in [2.24, 2.45) is 0 Å². The maximum Gasteiger partial charge on any atom is 0.234 e. The number of aromatic nitrogens is 4. The fraction of sp³-hybridized carbons (Fsp3) is 0.364. The second-order valence-corrected chi connectivity index (χ2v) is 8.35. The molecule has 2 aromatic heterocycles. The van der Waals surface area contributed by atoms with Gasteiger partial charge in [-0.2, -0.15) is 0 Å². The van der Waals surface area contributed by atoms with Gasteiger partial charge in [0.05, 0.1) is 5.75 Å². The number of nitrogens with zero attached hydrogens (tertiary/aromatic N) is 4. The summed E-state index contributed by atoms with van der Waals surface area (Å²) in [6.07, 6.45) is 9.52. The number of anilines is 1. The van der Waals surface area contributed by atoms with E-state index in [2.05, 4.69) is 25.1 Å². The Morgan fingerprint density at radius 3 is 2.52 bits per heavy atom. The van der Waals surface area contributed by atoms with E-state index in [4.69, 9.17) is 0 Å². The van der Waals surface area contributed by atoms with E-state index in [-0.39, 0.29) is 5.91 Å². The Balaban J connectivity index is 1.51. The zero-order valence-corrected chi connectivity index (χ0v) is 17.4. The Labute approximate surface area is 175 Å². The predicted octanol–water partition coefficient (Wildman–Crippen LogP) is 4.88. The smallest absolute Gasteiger partial charge is 0.234 e. The number of thioether (sulfide) groups is 1.